The maximum Gasteiger partial charge on any atom is 0.439 e. The van der Waals surface area contributed by atoms with Gasteiger partial charge in [0.1, 0.15) is 5.60 Å². The van der Waals surface area contributed by atoms with Crippen LogP contribution >= 0.6 is 0 Å². The molecule has 1 aliphatic rings. The van der Waals surface area contributed by atoms with Gasteiger partial charge in [0.15, 0.2) is 5.82 Å². The van der Waals surface area contributed by atoms with Crippen molar-refractivity contribution in [2.45, 2.75) is 45.0 Å². The third-order valence-electron chi connectivity index (χ3n) is 5.22. The fraction of sp³-hybridized carbons (Fsp3) is 0.348. The van der Waals surface area contributed by atoms with E-state index in [1.165, 1.54) is 12.1 Å². The van der Waals surface area contributed by atoms with Crippen molar-refractivity contribution in [1.29, 1.82) is 0 Å². The number of H-pyrrole nitrogens is 1. The quantitative estimate of drug-likeness (QED) is 0.572. The van der Waals surface area contributed by atoms with E-state index in [2.05, 4.69) is 20.0 Å². The Hall–Kier alpha value is -3.76. The number of carbonyl (C=O) groups is 1. The average molecular weight is 476 g/mol. The van der Waals surface area contributed by atoms with Crippen molar-refractivity contribution in [3.63, 3.8) is 0 Å². The number of amides is 1. The average Bonchev–Trinajstić information content (AvgIpc) is 3.17. The molecular weight excluding hydrogens is 453 g/mol. The highest BCUT2D eigenvalue weighted by Gasteiger charge is 2.33. The smallest absolute Gasteiger partial charge is 0.439 e. The molecule has 2 heterocycles. The van der Waals surface area contributed by atoms with Crippen LogP contribution in [0.15, 0.2) is 51.8 Å². The fourth-order valence-electron chi connectivity index (χ4n) is 3.89. The van der Waals surface area contributed by atoms with Gasteiger partial charge < -0.3 is 15.0 Å². The van der Waals surface area contributed by atoms with E-state index in [1.807, 2.05) is 11.0 Å². The number of alkyl halides is 3. The van der Waals surface area contributed by atoms with Crippen LogP contribution in [0.25, 0.3) is 11.4 Å². The molecule has 4 rings (SSSR count). The fourth-order valence-corrected chi connectivity index (χ4v) is 3.89. The first-order valence-electron chi connectivity index (χ1n) is 10.5. The van der Waals surface area contributed by atoms with Gasteiger partial charge >= 0.3 is 18.0 Å². The van der Waals surface area contributed by atoms with Gasteiger partial charge in [-0.15, -0.1) is 0 Å². The van der Waals surface area contributed by atoms with Crippen molar-refractivity contribution in [3.8, 4) is 11.4 Å². The molecule has 8 nitrogen and oxygen atoms in total. The molecule has 0 aliphatic carbocycles. The van der Waals surface area contributed by atoms with E-state index < -0.39 is 35.2 Å². The molecule has 0 saturated heterocycles. The summed E-state index contributed by atoms with van der Waals surface area (Å²) < 4.78 is 49.2. The van der Waals surface area contributed by atoms with Gasteiger partial charge in [-0.05, 0) is 63.1 Å². The minimum absolute atomic E-state index is 0.215. The maximum absolute atomic E-state index is 13.1. The normalized spacial score (nSPS) is 16.2. The van der Waals surface area contributed by atoms with E-state index >= 15 is 0 Å². The maximum atomic E-state index is 13.1. The second kappa shape index (κ2) is 8.54. The predicted molar refractivity (Wildman–Crippen MR) is 118 cm³/mol. The van der Waals surface area contributed by atoms with Gasteiger partial charge in [-0.1, -0.05) is 17.3 Å². The number of nitrogens with zero attached hydrogens (tertiary/aromatic N) is 2. The van der Waals surface area contributed by atoms with Crippen LogP contribution < -0.4 is 16.0 Å². The second-order valence-corrected chi connectivity index (χ2v) is 8.95. The lowest BCUT2D eigenvalue weighted by Crippen LogP contribution is -2.48. The Morgan fingerprint density at radius 2 is 1.88 bits per heavy atom. The van der Waals surface area contributed by atoms with E-state index in [4.69, 9.17) is 4.74 Å². The van der Waals surface area contributed by atoms with Crippen LogP contribution in [0.3, 0.4) is 0 Å². The molecule has 1 unspecified atom stereocenters. The van der Waals surface area contributed by atoms with Crippen molar-refractivity contribution in [2.75, 3.05) is 11.4 Å². The number of nitrogens with one attached hydrogen (secondary N) is 2. The summed E-state index contributed by atoms with van der Waals surface area (Å²) in [5.74, 6) is -0.501. The van der Waals surface area contributed by atoms with Gasteiger partial charge in [-0.25, -0.2) is 9.59 Å². The molecule has 2 N–H and O–H groups in total. The van der Waals surface area contributed by atoms with Crippen molar-refractivity contribution in [3.05, 3.63) is 64.1 Å². The minimum Gasteiger partial charge on any atom is -0.444 e. The van der Waals surface area contributed by atoms with Gasteiger partial charge in [-0.3, -0.25) is 9.51 Å². The number of hydrogen-bond donors (Lipinski definition) is 2. The van der Waals surface area contributed by atoms with E-state index in [1.54, 1.807) is 32.9 Å². The molecule has 2 aromatic carbocycles. The molecule has 1 amide bonds. The number of carbonyl (C=O) groups excluding carboxylic acids is 1. The van der Waals surface area contributed by atoms with Crippen LogP contribution in [0.1, 0.15) is 31.9 Å². The number of rotatable bonds is 3. The first kappa shape index (κ1) is 23.4. The summed E-state index contributed by atoms with van der Waals surface area (Å²) in [6.07, 6.45) is -4.69. The molecule has 34 heavy (non-hydrogen) atoms. The molecule has 1 aromatic heterocycles. The highest BCUT2D eigenvalue weighted by atomic mass is 19.4. The number of hydrogen-bond acceptors (Lipinski definition) is 6. The number of aromatic nitrogens is 2. The monoisotopic (exact) mass is 476 g/mol. The van der Waals surface area contributed by atoms with E-state index in [0.29, 0.717) is 23.4 Å². The van der Waals surface area contributed by atoms with Crippen LogP contribution in [0.5, 0.6) is 0 Å². The van der Waals surface area contributed by atoms with Gasteiger partial charge in [0.25, 0.3) is 0 Å². The van der Waals surface area contributed by atoms with E-state index in [0.717, 1.165) is 17.7 Å². The zero-order chi connectivity index (χ0) is 24.7. The number of ether oxygens (including phenoxy) is 1. The molecule has 0 bridgehead atoms. The summed E-state index contributed by atoms with van der Waals surface area (Å²) in [5.41, 5.74) is 1.08. The van der Waals surface area contributed by atoms with Crippen molar-refractivity contribution >= 4 is 17.5 Å². The van der Waals surface area contributed by atoms with Crippen molar-refractivity contribution in [1.82, 2.24) is 15.5 Å². The lowest BCUT2D eigenvalue weighted by Gasteiger charge is -2.37. The second-order valence-electron chi connectivity index (χ2n) is 8.95. The Labute approximate surface area is 192 Å². The predicted octanol–water partition coefficient (Wildman–Crippen LogP) is 4.64. The number of benzene rings is 2. The van der Waals surface area contributed by atoms with Crippen LogP contribution in [0, 0.1) is 0 Å². The number of aromatic amines is 1. The summed E-state index contributed by atoms with van der Waals surface area (Å²) in [6.45, 7) is 5.53. The highest BCUT2D eigenvalue weighted by molar-refractivity contribution is 5.77. The number of alkyl carbamates (subject to hydrolysis) is 1. The SMILES string of the molecule is CC(C)(C)OC(=O)NC1Cc2c(-c3noc(=O)[nH]3)cccc2N(c2ccc(C(F)(F)F)cc2)C1. The van der Waals surface area contributed by atoms with Gasteiger partial charge in [0.2, 0.25) is 0 Å². The number of anilines is 2. The Morgan fingerprint density at radius 1 is 1.18 bits per heavy atom. The topological polar surface area (TPSA) is 100 Å². The minimum atomic E-state index is -4.45. The van der Waals surface area contributed by atoms with E-state index in [-0.39, 0.29) is 12.4 Å². The van der Waals surface area contributed by atoms with E-state index in [9.17, 15) is 22.8 Å². The molecule has 11 heteroatoms. The Morgan fingerprint density at radius 3 is 2.47 bits per heavy atom. The molecule has 0 fully saturated rings. The first-order valence-corrected chi connectivity index (χ1v) is 10.5. The molecule has 0 radical (unpaired) electrons. The zero-order valence-corrected chi connectivity index (χ0v) is 18.7. The van der Waals surface area contributed by atoms with Crippen molar-refractivity contribution < 1.29 is 27.2 Å². The first-order chi connectivity index (χ1) is 15.9. The Bertz CT molecular complexity index is 1240. The lowest BCUT2D eigenvalue weighted by molar-refractivity contribution is -0.137. The van der Waals surface area contributed by atoms with Gasteiger partial charge in [0.05, 0.1) is 11.6 Å². The van der Waals surface area contributed by atoms with Gasteiger partial charge in [-0.2, -0.15) is 13.2 Å². The molecular formula is C23H23F3N4O4. The number of halogens is 3. The van der Waals surface area contributed by atoms with Crippen molar-refractivity contribution in [2.24, 2.45) is 0 Å². The summed E-state index contributed by atoms with van der Waals surface area (Å²) in [4.78, 5) is 28.3. The zero-order valence-electron chi connectivity index (χ0n) is 18.7. The molecule has 3 aromatic rings. The van der Waals surface area contributed by atoms with Crippen LogP contribution in [-0.2, 0) is 17.3 Å². The molecule has 0 saturated carbocycles. The summed E-state index contributed by atoms with van der Waals surface area (Å²) in [5, 5.41) is 6.60. The Balaban J connectivity index is 1.74. The highest BCUT2D eigenvalue weighted by Crippen LogP contribution is 2.39. The summed E-state index contributed by atoms with van der Waals surface area (Å²) in [6, 6.07) is 9.66. The lowest BCUT2D eigenvalue weighted by atomic mass is 9.92. The Kier molecular flexibility index (Phi) is 5.88. The van der Waals surface area contributed by atoms with Crippen LogP contribution in [0.4, 0.5) is 29.3 Å². The standard InChI is InChI=1S/C23H23F3N4O4/c1-22(2,3)33-20(31)27-14-11-17-16(19-28-21(32)34-29-19)5-4-6-18(17)30(12-14)15-9-7-13(8-10-15)23(24,25)26/h4-10,14H,11-12H2,1-3H3,(H,27,31)(H,28,29,32). The van der Waals surface area contributed by atoms with Crippen LogP contribution in [-0.4, -0.2) is 34.4 Å². The number of fused-ring (bicyclic) bond motifs is 1. The molecule has 1 aliphatic heterocycles. The third-order valence-corrected chi connectivity index (χ3v) is 5.22. The van der Waals surface area contributed by atoms with Crippen LogP contribution in [0.2, 0.25) is 0 Å². The van der Waals surface area contributed by atoms with Gasteiger partial charge in [0, 0.05) is 23.5 Å². The molecule has 1 atom stereocenters. The molecule has 0 spiro atoms. The summed E-state index contributed by atoms with van der Waals surface area (Å²) >= 11 is 0. The largest absolute Gasteiger partial charge is 0.444 e. The third kappa shape index (κ3) is 5.08. The summed E-state index contributed by atoms with van der Waals surface area (Å²) in [7, 11) is 0. The molecule has 180 valence electrons.